The molecule has 2 nitrogen and oxygen atoms in total. The van der Waals surface area contributed by atoms with Crippen molar-refractivity contribution < 1.29 is 4.79 Å². The van der Waals surface area contributed by atoms with Crippen LogP contribution in [0.3, 0.4) is 0 Å². The van der Waals surface area contributed by atoms with Gasteiger partial charge in [-0.25, -0.2) is 4.99 Å². The zero-order valence-electron chi connectivity index (χ0n) is 9.74. The molecule has 0 N–H and O–H groups in total. The van der Waals surface area contributed by atoms with Crippen molar-refractivity contribution in [1.82, 2.24) is 0 Å². The molecule has 0 aromatic heterocycles. The van der Waals surface area contributed by atoms with Crippen molar-refractivity contribution in [2.24, 2.45) is 10.9 Å². The first kappa shape index (κ1) is 11.6. The van der Waals surface area contributed by atoms with Gasteiger partial charge in [-0.2, -0.15) is 0 Å². The molecule has 0 aliphatic carbocycles. The topological polar surface area (TPSA) is 29.4 Å². The number of fused-ring (bicyclic) bond motifs is 1. The SMILES string of the molecule is CC.CC(C)C1=NC(=O)c2ccccc21. The van der Waals surface area contributed by atoms with Crippen molar-refractivity contribution >= 4 is 11.6 Å². The maximum absolute atomic E-state index is 11.4. The summed E-state index contributed by atoms with van der Waals surface area (Å²) in [6.45, 7) is 8.10. The minimum Gasteiger partial charge on any atom is -0.267 e. The number of carbonyl (C=O) groups is 1. The number of benzene rings is 1. The van der Waals surface area contributed by atoms with Crippen molar-refractivity contribution in [2.75, 3.05) is 0 Å². The smallest absolute Gasteiger partial charge is 0.267 e. The Hall–Kier alpha value is -1.44. The van der Waals surface area contributed by atoms with Gasteiger partial charge in [0, 0.05) is 5.56 Å². The average Bonchev–Trinajstić information content (AvgIpc) is 2.60. The zero-order valence-corrected chi connectivity index (χ0v) is 9.74. The van der Waals surface area contributed by atoms with Gasteiger partial charge in [0.05, 0.1) is 11.3 Å². The van der Waals surface area contributed by atoms with Gasteiger partial charge in [0.2, 0.25) is 0 Å². The van der Waals surface area contributed by atoms with E-state index in [2.05, 4.69) is 4.99 Å². The third-order valence-electron chi connectivity index (χ3n) is 2.20. The molecule has 1 heterocycles. The van der Waals surface area contributed by atoms with Crippen molar-refractivity contribution in [2.45, 2.75) is 27.7 Å². The van der Waals surface area contributed by atoms with E-state index in [0.29, 0.717) is 5.92 Å². The molecule has 0 saturated carbocycles. The van der Waals surface area contributed by atoms with Crippen LogP contribution in [0.5, 0.6) is 0 Å². The second kappa shape index (κ2) is 4.87. The number of amides is 1. The summed E-state index contributed by atoms with van der Waals surface area (Å²) in [5.41, 5.74) is 2.66. The second-order valence-corrected chi connectivity index (χ2v) is 3.50. The van der Waals surface area contributed by atoms with Crippen LogP contribution in [-0.4, -0.2) is 11.6 Å². The lowest BCUT2D eigenvalue weighted by molar-refractivity contribution is 0.101. The van der Waals surface area contributed by atoms with Crippen molar-refractivity contribution in [3.05, 3.63) is 35.4 Å². The standard InChI is InChI=1S/C11H11NO.C2H6/c1-7(2)10-8-5-3-4-6-9(8)11(13)12-10;1-2/h3-7H,1-2H3;1-2H3. The minimum atomic E-state index is -0.0979. The Kier molecular flexibility index (Phi) is 3.78. The lowest BCUT2D eigenvalue weighted by atomic mass is 9.98. The summed E-state index contributed by atoms with van der Waals surface area (Å²) in [5, 5.41) is 0. The van der Waals surface area contributed by atoms with E-state index in [-0.39, 0.29) is 5.91 Å². The van der Waals surface area contributed by atoms with Crippen LogP contribution < -0.4 is 0 Å². The first-order valence-corrected chi connectivity index (χ1v) is 5.42. The first-order valence-electron chi connectivity index (χ1n) is 5.42. The molecule has 0 bridgehead atoms. The van der Waals surface area contributed by atoms with Crippen LogP contribution in [0.15, 0.2) is 29.3 Å². The lowest BCUT2D eigenvalue weighted by Gasteiger charge is -2.04. The van der Waals surface area contributed by atoms with E-state index >= 15 is 0 Å². The van der Waals surface area contributed by atoms with Crippen LogP contribution in [-0.2, 0) is 0 Å². The van der Waals surface area contributed by atoms with Gasteiger partial charge in [0.1, 0.15) is 0 Å². The summed E-state index contributed by atoms with van der Waals surface area (Å²) in [6.07, 6.45) is 0. The van der Waals surface area contributed by atoms with Crippen LogP contribution in [0.25, 0.3) is 0 Å². The van der Waals surface area contributed by atoms with Crippen molar-refractivity contribution in [3.63, 3.8) is 0 Å². The van der Waals surface area contributed by atoms with Gasteiger partial charge in [-0.15, -0.1) is 0 Å². The van der Waals surface area contributed by atoms with Gasteiger partial charge in [0.25, 0.3) is 5.91 Å². The van der Waals surface area contributed by atoms with E-state index in [0.717, 1.165) is 16.8 Å². The molecule has 1 aliphatic heterocycles. The minimum absolute atomic E-state index is 0.0979. The van der Waals surface area contributed by atoms with Crippen molar-refractivity contribution in [3.8, 4) is 0 Å². The second-order valence-electron chi connectivity index (χ2n) is 3.50. The molecule has 0 saturated heterocycles. The van der Waals surface area contributed by atoms with Crippen LogP contribution in [0.1, 0.15) is 43.6 Å². The predicted molar refractivity (Wildman–Crippen MR) is 63.5 cm³/mol. The van der Waals surface area contributed by atoms with Crippen LogP contribution >= 0.6 is 0 Å². The largest absolute Gasteiger partial charge is 0.277 e. The molecule has 2 heteroatoms. The molecular formula is C13H17NO. The van der Waals surface area contributed by atoms with Crippen LogP contribution in [0.4, 0.5) is 0 Å². The van der Waals surface area contributed by atoms with E-state index in [1.165, 1.54) is 0 Å². The quantitative estimate of drug-likeness (QED) is 0.688. The molecule has 1 aromatic carbocycles. The summed E-state index contributed by atoms with van der Waals surface area (Å²) in [5.74, 6) is 0.215. The average molecular weight is 203 g/mol. The Bertz CT molecular complexity index is 391. The number of carbonyl (C=O) groups excluding carboxylic acids is 1. The fourth-order valence-corrected chi connectivity index (χ4v) is 1.56. The summed E-state index contributed by atoms with van der Waals surface area (Å²) >= 11 is 0. The zero-order chi connectivity index (χ0) is 11.4. The van der Waals surface area contributed by atoms with Gasteiger partial charge in [-0.3, -0.25) is 4.79 Å². The predicted octanol–water partition coefficient (Wildman–Crippen LogP) is 3.31. The molecule has 1 aromatic rings. The number of hydrogen-bond donors (Lipinski definition) is 0. The van der Waals surface area contributed by atoms with Gasteiger partial charge >= 0.3 is 0 Å². The van der Waals surface area contributed by atoms with Crippen LogP contribution in [0.2, 0.25) is 0 Å². The Balaban J connectivity index is 0.000000531. The van der Waals surface area contributed by atoms with E-state index in [4.69, 9.17) is 0 Å². The monoisotopic (exact) mass is 203 g/mol. The molecule has 15 heavy (non-hydrogen) atoms. The third-order valence-corrected chi connectivity index (χ3v) is 2.20. The molecular weight excluding hydrogens is 186 g/mol. The Morgan fingerprint density at radius 2 is 1.60 bits per heavy atom. The van der Waals surface area contributed by atoms with Crippen LogP contribution in [0, 0.1) is 5.92 Å². The Morgan fingerprint density at radius 1 is 1.07 bits per heavy atom. The first-order chi connectivity index (χ1) is 7.20. The normalized spacial score (nSPS) is 13.1. The van der Waals surface area contributed by atoms with Gasteiger partial charge in [-0.1, -0.05) is 45.9 Å². The molecule has 2 rings (SSSR count). The van der Waals surface area contributed by atoms with E-state index in [9.17, 15) is 4.79 Å². The highest BCUT2D eigenvalue weighted by Crippen LogP contribution is 2.22. The lowest BCUT2D eigenvalue weighted by Crippen LogP contribution is -2.06. The third kappa shape index (κ3) is 2.14. The summed E-state index contributed by atoms with van der Waals surface area (Å²) in [4.78, 5) is 15.4. The maximum atomic E-state index is 11.4. The molecule has 80 valence electrons. The molecule has 0 atom stereocenters. The number of aliphatic imine (C=N–C) groups is 1. The van der Waals surface area contributed by atoms with E-state index in [1.54, 1.807) is 0 Å². The number of hydrogen-bond acceptors (Lipinski definition) is 1. The van der Waals surface area contributed by atoms with Gasteiger partial charge in [-0.05, 0) is 12.0 Å². The van der Waals surface area contributed by atoms with Crippen molar-refractivity contribution in [1.29, 1.82) is 0 Å². The Labute approximate surface area is 91.0 Å². The van der Waals surface area contributed by atoms with Gasteiger partial charge in [0.15, 0.2) is 0 Å². The molecule has 1 amide bonds. The highest BCUT2D eigenvalue weighted by atomic mass is 16.1. The highest BCUT2D eigenvalue weighted by Gasteiger charge is 2.23. The number of rotatable bonds is 1. The number of nitrogens with zero attached hydrogens (tertiary/aromatic N) is 1. The highest BCUT2D eigenvalue weighted by molar-refractivity contribution is 6.21. The molecule has 0 radical (unpaired) electrons. The fourth-order valence-electron chi connectivity index (χ4n) is 1.56. The molecule has 1 aliphatic rings. The van der Waals surface area contributed by atoms with E-state index < -0.39 is 0 Å². The summed E-state index contributed by atoms with van der Waals surface area (Å²) in [7, 11) is 0. The molecule has 0 unspecified atom stereocenters. The van der Waals surface area contributed by atoms with Gasteiger partial charge < -0.3 is 0 Å². The molecule has 0 fully saturated rings. The maximum Gasteiger partial charge on any atom is 0.277 e. The fraction of sp³-hybridized carbons (Fsp3) is 0.385. The summed E-state index contributed by atoms with van der Waals surface area (Å²) < 4.78 is 0. The summed E-state index contributed by atoms with van der Waals surface area (Å²) in [6, 6.07) is 7.60. The van der Waals surface area contributed by atoms with E-state index in [1.807, 2.05) is 52.0 Å². The Morgan fingerprint density at radius 3 is 2.13 bits per heavy atom. The molecule has 0 spiro atoms.